The lowest BCUT2D eigenvalue weighted by Crippen LogP contribution is -2.31. The number of likely N-dealkylation sites (tertiary alicyclic amines) is 1. The summed E-state index contributed by atoms with van der Waals surface area (Å²) in [5, 5.41) is 4.46. The molecule has 2 aliphatic rings. The molecule has 1 saturated heterocycles. The van der Waals surface area contributed by atoms with E-state index < -0.39 is 11.7 Å². The number of aromatic nitrogens is 2. The molecule has 1 aromatic carbocycles. The van der Waals surface area contributed by atoms with Gasteiger partial charge < -0.3 is 9.42 Å². The van der Waals surface area contributed by atoms with Gasteiger partial charge >= 0.3 is 6.18 Å². The Kier molecular flexibility index (Phi) is 4.75. The molecule has 31 heavy (non-hydrogen) atoms. The molecule has 1 amide bonds. The molecule has 0 bridgehead atoms. The van der Waals surface area contributed by atoms with Crippen molar-refractivity contribution in [2.45, 2.75) is 38.8 Å². The summed E-state index contributed by atoms with van der Waals surface area (Å²) in [4.78, 5) is 19.6. The number of aryl methyl sites for hydroxylation is 1. The fourth-order valence-corrected chi connectivity index (χ4v) is 4.70. The van der Waals surface area contributed by atoms with Crippen LogP contribution in [0.15, 0.2) is 34.9 Å². The van der Waals surface area contributed by atoms with E-state index in [1.807, 2.05) is 4.90 Å². The molecule has 8 heteroatoms. The van der Waals surface area contributed by atoms with E-state index >= 15 is 0 Å². The van der Waals surface area contributed by atoms with Crippen molar-refractivity contribution in [3.05, 3.63) is 47.2 Å². The van der Waals surface area contributed by atoms with Gasteiger partial charge in [0.2, 0.25) is 0 Å². The Morgan fingerprint density at radius 2 is 1.97 bits per heavy atom. The fourth-order valence-electron chi connectivity index (χ4n) is 4.70. The Labute approximate surface area is 177 Å². The molecule has 162 valence electrons. The topological polar surface area (TPSA) is 59.2 Å². The molecule has 0 N–H and O–H groups in total. The summed E-state index contributed by atoms with van der Waals surface area (Å²) in [5.41, 5.74) is 0.838. The van der Waals surface area contributed by atoms with E-state index in [9.17, 15) is 18.0 Å². The average Bonchev–Trinajstić information content (AvgIpc) is 3.32. The predicted octanol–water partition coefficient (Wildman–Crippen LogP) is 5.48. The molecule has 1 aliphatic carbocycles. The second kappa shape index (κ2) is 7.35. The third-order valence-corrected chi connectivity index (χ3v) is 6.66. The van der Waals surface area contributed by atoms with Gasteiger partial charge in [0.05, 0.1) is 27.9 Å². The molecular formula is C23H22F3N3O2. The van der Waals surface area contributed by atoms with Crippen molar-refractivity contribution in [1.29, 1.82) is 0 Å². The Balaban J connectivity index is 1.54. The summed E-state index contributed by atoms with van der Waals surface area (Å²) >= 11 is 0. The van der Waals surface area contributed by atoms with E-state index in [4.69, 9.17) is 4.52 Å². The van der Waals surface area contributed by atoms with Gasteiger partial charge in [-0.2, -0.15) is 13.2 Å². The number of amides is 1. The van der Waals surface area contributed by atoms with Gasteiger partial charge in [0.1, 0.15) is 0 Å². The number of fused-ring (bicyclic) bond motifs is 1. The Hall–Kier alpha value is -2.90. The highest BCUT2D eigenvalue weighted by atomic mass is 19.4. The van der Waals surface area contributed by atoms with Crippen LogP contribution in [0.4, 0.5) is 13.2 Å². The van der Waals surface area contributed by atoms with E-state index in [0.717, 1.165) is 25.1 Å². The highest BCUT2D eigenvalue weighted by Gasteiger charge is 2.36. The van der Waals surface area contributed by atoms with Gasteiger partial charge in [-0.1, -0.05) is 36.6 Å². The standard InChI is InChI=1S/C23H22F3N3O2/c1-13-20-18(22(30)29-9-8-16(12-29)14-4-2-5-14)11-19(27-21(20)31-28-13)15-6-3-7-17(10-15)23(24,25)26/h3,6-7,10-11,14,16H,2,4-5,8-9,12H2,1H3. The number of carbonyl (C=O) groups is 1. The third-order valence-electron chi connectivity index (χ3n) is 6.66. The summed E-state index contributed by atoms with van der Waals surface area (Å²) < 4.78 is 44.8. The molecule has 1 aliphatic heterocycles. The van der Waals surface area contributed by atoms with Crippen molar-refractivity contribution >= 4 is 17.0 Å². The van der Waals surface area contributed by atoms with Crippen LogP contribution in [-0.4, -0.2) is 34.0 Å². The summed E-state index contributed by atoms with van der Waals surface area (Å²) in [6, 6.07) is 6.50. The summed E-state index contributed by atoms with van der Waals surface area (Å²) in [5.74, 6) is 1.09. The maximum absolute atomic E-state index is 13.4. The van der Waals surface area contributed by atoms with Gasteiger partial charge in [0, 0.05) is 18.7 Å². The minimum Gasteiger partial charge on any atom is -0.338 e. The molecule has 2 fully saturated rings. The van der Waals surface area contributed by atoms with Crippen molar-refractivity contribution in [3.63, 3.8) is 0 Å². The van der Waals surface area contributed by atoms with Crippen LogP contribution in [0.2, 0.25) is 0 Å². The SMILES string of the molecule is Cc1noc2nc(-c3cccc(C(F)(F)F)c3)cc(C(=O)N3CCC(C4CCC4)C3)c12. The maximum atomic E-state index is 13.4. The second-order valence-electron chi connectivity index (χ2n) is 8.57. The van der Waals surface area contributed by atoms with E-state index in [2.05, 4.69) is 10.1 Å². The van der Waals surface area contributed by atoms with Crippen LogP contribution in [0, 0.1) is 18.8 Å². The molecule has 5 nitrogen and oxygen atoms in total. The van der Waals surface area contributed by atoms with Crippen LogP contribution in [0.1, 0.15) is 47.3 Å². The quantitative estimate of drug-likeness (QED) is 0.553. The van der Waals surface area contributed by atoms with E-state index in [-0.39, 0.29) is 22.9 Å². The van der Waals surface area contributed by atoms with Crippen molar-refractivity contribution in [1.82, 2.24) is 15.0 Å². The number of halogens is 3. The zero-order valence-corrected chi connectivity index (χ0v) is 17.1. The van der Waals surface area contributed by atoms with Crippen LogP contribution in [-0.2, 0) is 6.18 Å². The Morgan fingerprint density at radius 3 is 2.68 bits per heavy atom. The van der Waals surface area contributed by atoms with Gasteiger partial charge in [0.15, 0.2) is 0 Å². The first-order valence-electron chi connectivity index (χ1n) is 10.5. The molecular weight excluding hydrogens is 407 g/mol. The zero-order chi connectivity index (χ0) is 21.8. The minimum atomic E-state index is -4.46. The maximum Gasteiger partial charge on any atom is 0.416 e. The van der Waals surface area contributed by atoms with Crippen molar-refractivity contribution < 1.29 is 22.5 Å². The lowest BCUT2D eigenvalue weighted by molar-refractivity contribution is -0.137. The number of pyridine rings is 1. The number of rotatable bonds is 3. The molecule has 2 aromatic heterocycles. The van der Waals surface area contributed by atoms with Gasteiger partial charge in [-0.15, -0.1) is 0 Å². The second-order valence-corrected chi connectivity index (χ2v) is 8.57. The number of hydrogen-bond donors (Lipinski definition) is 0. The van der Waals surface area contributed by atoms with Crippen LogP contribution in [0.25, 0.3) is 22.4 Å². The smallest absolute Gasteiger partial charge is 0.338 e. The van der Waals surface area contributed by atoms with Crippen molar-refractivity contribution in [2.75, 3.05) is 13.1 Å². The molecule has 3 heterocycles. The van der Waals surface area contributed by atoms with Crippen LogP contribution in [0.5, 0.6) is 0 Å². The van der Waals surface area contributed by atoms with Crippen LogP contribution in [0.3, 0.4) is 0 Å². The van der Waals surface area contributed by atoms with Gasteiger partial charge in [-0.05, 0) is 43.4 Å². The van der Waals surface area contributed by atoms with E-state index in [0.29, 0.717) is 35.0 Å². The van der Waals surface area contributed by atoms with Crippen LogP contribution < -0.4 is 0 Å². The first-order chi connectivity index (χ1) is 14.8. The monoisotopic (exact) mass is 429 g/mol. The third kappa shape index (κ3) is 3.58. The molecule has 1 atom stereocenters. The van der Waals surface area contributed by atoms with Gasteiger partial charge in [0.25, 0.3) is 11.6 Å². The number of carbonyl (C=O) groups excluding carboxylic acids is 1. The summed E-state index contributed by atoms with van der Waals surface area (Å²) in [6.07, 6.45) is 0.259. The van der Waals surface area contributed by atoms with Crippen molar-refractivity contribution in [2.24, 2.45) is 11.8 Å². The van der Waals surface area contributed by atoms with Gasteiger partial charge in [-0.3, -0.25) is 4.79 Å². The molecule has 0 spiro atoms. The fraction of sp³-hybridized carbons (Fsp3) is 0.435. The lowest BCUT2D eigenvalue weighted by atomic mass is 9.75. The van der Waals surface area contributed by atoms with Crippen molar-refractivity contribution in [3.8, 4) is 11.3 Å². The molecule has 0 radical (unpaired) electrons. The average molecular weight is 429 g/mol. The Morgan fingerprint density at radius 1 is 1.16 bits per heavy atom. The highest BCUT2D eigenvalue weighted by molar-refractivity contribution is 6.07. The largest absolute Gasteiger partial charge is 0.416 e. The zero-order valence-electron chi connectivity index (χ0n) is 17.1. The minimum absolute atomic E-state index is 0.145. The predicted molar refractivity (Wildman–Crippen MR) is 108 cm³/mol. The molecule has 5 rings (SSSR count). The van der Waals surface area contributed by atoms with E-state index in [1.54, 1.807) is 19.1 Å². The number of nitrogens with zero attached hydrogens (tertiary/aromatic N) is 3. The normalized spacial score (nSPS) is 19.7. The highest BCUT2D eigenvalue weighted by Crippen LogP contribution is 2.39. The molecule has 1 unspecified atom stereocenters. The summed E-state index contributed by atoms with van der Waals surface area (Å²) in [7, 11) is 0. The van der Waals surface area contributed by atoms with Gasteiger partial charge in [-0.25, -0.2) is 4.98 Å². The first-order valence-corrected chi connectivity index (χ1v) is 10.5. The van der Waals surface area contributed by atoms with E-state index in [1.165, 1.54) is 25.3 Å². The first kappa shape index (κ1) is 20.0. The summed E-state index contributed by atoms with van der Waals surface area (Å²) in [6.45, 7) is 3.14. The Bertz CT molecular complexity index is 1150. The molecule has 3 aromatic rings. The number of alkyl halides is 3. The lowest BCUT2D eigenvalue weighted by Gasteiger charge is -2.31. The van der Waals surface area contributed by atoms with Crippen LogP contribution >= 0.6 is 0 Å². The number of benzene rings is 1. The molecule has 1 saturated carbocycles. The number of hydrogen-bond acceptors (Lipinski definition) is 4.